The normalized spacial score (nSPS) is 29.1. The van der Waals surface area contributed by atoms with E-state index < -0.39 is 10.8 Å². The molecule has 1 fully saturated rings. The second-order valence-corrected chi connectivity index (χ2v) is 7.46. The SMILES string of the molecule is CCCNC1CCN(CCC(C)S(C)=O)C(C)C1. The predicted molar refractivity (Wildman–Crippen MR) is 80.5 cm³/mol. The van der Waals surface area contributed by atoms with Crippen LogP contribution in [0.15, 0.2) is 0 Å². The van der Waals surface area contributed by atoms with E-state index in [0.717, 1.165) is 19.5 Å². The highest BCUT2D eigenvalue weighted by molar-refractivity contribution is 7.84. The van der Waals surface area contributed by atoms with Crippen molar-refractivity contribution in [1.82, 2.24) is 10.2 Å². The third kappa shape index (κ3) is 5.37. The van der Waals surface area contributed by atoms with E-state index in [9.17, 15) is 4.21 Å². The van der Waals surface area contributed by atoms with Gasteiger partial charge in [-0.3, -0.25) is 4.21 Å². The van der Waals surface area contributed by atoms with Crippen LogP contribution in [-0.4, -0.2) is 52.3 Å². The minimum atomic E-state index is -0.676. The van der Waals surface area contributed by atoms with Gasteiger partial charge in [-0.25, -0.2) is 0 Å². The molecule has 1 heterocycles. The second kappa shape index (κ2) is 8.28. The zero-order valence-electron chi connectivity index (χ0n) is 12.4. The van der Waals surface area contributed by atoms with Crippen molar-refractivity contribution in [2.75, 3.05) is 25.9 Å². The maximum absolute atomic E-state index is 11.4. The van der Waals surface area contributed by atoms with Crippen molar-refractivity contribution in [3.8, 4) is 0 Å². The molecule has 1 saturated heterocycles. The second-order valence-electron chi connectivity index (χ2n) is 5.66. The number of piperidine rings is 1. The molecule has 4 heteroatoms. The molecule has 0 amide bonds. The van der Waals surface area contributed by atoms with Gasteiger partial charge in [-0.15, -0.1) is 0 Å². The van der Waals surface area contributed by atoms with Crippen LogP contribution in [0, 0.1) is 0 Å². The maximum Gasteiger partial charge on any atom is 0.0329 e. The molecule has 1 aliphatic rings. The van der Waals surface area contributed by atoms with Crippen molar-refractivity contribution in [3.05, 3.63) is 0 Å². The number of nitrogens with one attached hydrogen (secondary N) is 1. The Bertz CT molecular complexity index is 260. The highest BCUT2D eigenvalue weighted by Crippen LogP contribution is 2.18. The van der Waals surface area contributed by atoms with Crippen molar-refractivity contribution in [2.45, 2.75) is 63.8 Å². The molecule has 0 saturated carbocycles. The van der Waals surface area contributed by atoms with E-state index in [2.05, 4.69) is 31.0 Å². The molecule has 0 aliphatic carbocycles. The van der Waals surface area contributed by atoms with E-state index in [-0.39, 0.29) is 0 Å². The molecule has 108 valence electrons. The Balaban J connectivity index is 2.27. The Kier molecular flexibility index (Phi) is 7.42. The quantitative estimate of drug-likeness (QED) is 0.770. The lowest BCUT2D eigenvalue weighted by Gasteiger charge is -2.38. The highest BCUT2D eigenvalue weighted by Gasteiger charge is 2.25. The summed E-state index contributed by atoms with van der Waals surface area (Å²) in [5.41, 5.74) is 0. The molecular weight excluding hydrogens is 244 g/mol. The molecule has 1 rings (SSSR count). The summed E-state index contributed by atoms with van der Waals surface area (Å²) >= 11 is 0. The molecule has 18 heavy (non-hydrogen) atoms. The van der Waals surface area contributed by atoms with Gasteiger partial charge in [-0.05, 0) is 52.2 Å². The zero-order valence-corrected chi connectivity index (χ0v) is 13.3. The Morgan fingerprint density at radius 1 is 1.50 bits per heavy atom. The highest BCUT2D eigenvalue weighted by atomic mass is 32.2. The molecule has 0 aromatic carbocycles. The number of hydrogen-bond acceptors (Lipinski definition) is 3. The summed E-state index contributed by atoms with van der Waals surface area (Å²) in [7, 11) is -0.676. The molecule has 0 aromatic rings. The molecule has 0 radical (unpaired) electrons. The lowest BCUT2D eigenvalue weighted by molar-refractivity contribution is 0.135. The van der Waals surface area contributed by atoms with Gasteiger partial charge in [0.15, 0.2) is 0 Å². The van der Waals surface area contributed by atoms with Crippen molar-refractivity contribution >= 4 is 10.8 Å². The van der Waals surface area contributed by atoms with Gasteiger partial charge in [0.25, 0.3) is 0 Å². The van der Waals surface area contributed by atoms with E-state index in [4.69, 9.17) is 0 Å². The molecule has 4 atom stereocenters. The van der Waals surface area contributed by atoms with Gasteiger partial charge < -0.3 is 10.2 Å². The maximum atomic E-state index is 11.4. The summed E-state index contributed by atoms with van der Waals surface area (Å²) in [4.78, 5) is 2.56. The van der Waals surface area contributed by atoms with Crippen molar-refractivity contribution in [1.29, 1.82) is 0 Å². The lowest BCUT2D eigenvalue weighted by atomic mass is 9.98. The zero-order chi connectivity index (χ0) is 13.5. The topological polar surface area (TPSA) is 32.3 Å². The Morgan fingerprint density at radius 2 is 2.22 bits per heavy atom. The van der Waals surface area contributed by atoms with Crippen molar-refractivity contribution in [2.24, 2.45) is 0 Å². The molecule has 0 aromatic heterocycles. The summed E-state index contributed by atoms with van der Waals surface area (Å²) in [6.07, 6.45) is 6.60. The lowest BCUT2D eigenvalue weighted by Crippen LogP contribution is -2.48. The number of hydrogen-bond donors (Lipinski definition) is 1. The third-order valence-electron chi connectivity index (χ3n) is 4.09. The van der Waals surface area contributed by atoms with Crippen LogP contribution in [0.3, 0.4) is 0 Å². The van der Waals surface area contributed by atoms with Crippen LogP contribution in [-0.2, 0) is 10.8 Å². The van der Waals surface area contributed by atoms with Gasteiger partial charge in [-0.2, -0.15) is 0 Å². The fourth-order valence-electron chi connectivity index (χ4n) is 2.60. The predicted octanol–water partition coefficient (Wildman–Crippen LogP) is 2.00. The molecule has 0 bridgehead atoms. The third-order valence-corrected chi connectivity index (χ3v) is 5.46. The molecule has 1 N–H and O–H groups in total. The molecule has 3 nitrogen and oxygen atoms in total. The van der Waals surface area contributed by atoms with Crippen LogP contribution < -0.4 is 5.32 Å². The summed E-state index contributed by atoms with van der Waals surface area (Å²) in [6, 6.07) is 1.36. The van der Waals surface area contributed by atoms with E-state index in [1.54, 1.807) is 0 Å². The fraction of sp³-hybridized carbons (Fsp3) is 1.00. The largest absolute Gasteiger partial charge is 0.314 e. The van der Waals surface area contributed by atoms with Crippen LogP contribution in [0.4, 0.5) is 0 Å². The number of nitrogens with zero attached hydrogens (tertiary/aromatic N) is 1. The standard InChI is InChI=1S/C14H30N2OS/c1-5-8-15-14-7-10-16(12(2)11-14)9-6-13(3)18(4)17/h12-15H,5-11H2,1-4H3. The van der Waals surface area contributed by atoms with E-state index in [1.165, 1.54) is 25.8 Å². The fourth-order valence-corrected chi connectivity index (χ4v) is 3.04. The molecule has 4 unspecified atom stereocenters. The number of likely N-dealkylation sites (tertiary alicyclic amines) is 1. The Labute approximate surface area is 115 Å². The summed E-state index contributed by atoms with van der Waals surface area (Å²) in [5, 5.41) is 3.96. The number of rotatable bonds is 7. The van der Waals surface area contributed by atoms with Gasteiger partial charge in [-0.1, -0.05) is 13.8 Å². The first kappa shape index (κ1) is 16.1. The molecule has 0 spiro atoms. The van der Waals surface area contributed by atoms with Crippen molar-refractivity contribution in [3.63, 3.8) is 0 Å². The monoisotopic (exact) mass is 274 g/mol. The van der Waals surface area contributed by atoms with Crippen LogP contribution in [0.2, 0.25) is 0 Å². The van der Waals surface area contributed by atoms with Crippen LogP contribution >= 0.6 is 0 Å². The van der Waals surface area contributed by atoms with Crippen LogP contribution in [0.1, 0.15) is 46.5 Å². The smallest absolute Gasteiger partial charge is 0.0329 e. The first-order valence-electron chi connectivity index (χ1n) is 7.34. The van der Waals surface area contributed by atoms with Crippen LogP contribution in [0.5, 0.6) is 0 Å². The first-order chi connectivity index (χ1) is 8.54. The summed E-state index contributed by atoms with van der Waals surface area (Å²) < 4.78 is 11.4. The summed E-state index contributed by atoms with van der Waals surface area (Å²) in [5.74, 6) is 0. The van der Waals surface area contributed by atoms with Gasteiger partial charge in [0.2, 0.25) is 0 Å². The van der Waals surface area contributed by atoms with E-state index in [1.807, 2.05) is 6.26 Å². The van der Waals surface area contributed by atoms with E-state index >= 15 is 0 Å². The minimum Gasteiger partial charge on any atom is -0.314 e. The first-order valence-corrected chi connectivity index (χ1v) is 8.96. The average Bonchev–Trinajstić information content (AvgIpc) is 2.34. The van der Waals surface area contributed by atoms with Gasteiger partial charge in [0, 0.05) is 34.4 Å². The minimum absolute atomic E-state index is 0.327. The van der Waals surface area contributed by atoms with Crippen molar-refractivity contribution < 1.29 is 4.21 Å². The van der Waals surface area contributed by atoms with Crippen LogP contribution in [0.25, 0.3) is 0 Å². The Hall–Kier alpha value is 0.0700. The summed E-state index contributed by atoms with van der Waals surface area (Å²) in [6.45, 7) is 10.1. The molecule has 1 aliphatic heterocycles. The average molecular weight is 274 g/mol. The van der Waals surface area contributed by atoms with Gasteiger partial charge in [0.05, 0.1) is 0 Å². The van der Waals surface area contributed by atoms with E-state index in [0.29, 0.717) is 17.3 Å². The Morgan fingerprint density at radius 3 is 2.78 bits per heavy atom. The van der Waals surface area contributed by atoms with Gasteiger partial charge in [0.1, 0.15) is 0 Å². The molecular formula is C14H30N2OS. The van der Waals surface area contributed by atoms with Gasteiger partial charge >= 0.3 is 0 Å².